The number of rotatable bonds is 9. The highest BCUT2D eigenvalue weighted by Gasteiger charge is 2.36. The van der Waals surface area contributed by atoms with E-state index in [0.29, 0.717) is 17.9 Å². The largest absolute Gasteiger partial charge is 0.462 e. The van der Waals surface area contributed by atoms with E-state index in [9.17, 15) is 19.2 Å². The minimum absolute atomic E-state index is 0.0468. The number of amides is 2. The van der Waals surface area contributed by atoms with E-state index < -0.39 is 30.4 Å². The molecule has 0 aromatic heterocycles. The first-order chi connectivity index (χ1) is 15.5. The van der Waals surface area contributed by atoms with Crippen LogP contribution in [-0.4, -0.2) is 43.5 Å². The van der Waals surface area contributed by atoms with Gasteiger partial charge in [-0.2, -0.15) is 0 Å². The lowest BCUT2D eigenvalue weighted by molar-refractivity contribution is -0.151. The molecule has 0 saturated carbocycles. The lowest BCUT2D eigenvalue weighted by atomic mass is 10.1. The van der Waals surface area contributed by atoms with E-state index in [1.165, 1.54) is 0 Å². The van der Waals surface area contributed by atoms with Crippen LogP contribution in [0.15, 0.2) is 54.6 Å². The summed E-state index contributed by atoms with van der Waals surface area (Å²) in [6.07, 6.45) is 1.79. The number of carbonyl (C=O) groups excluding carboxylic acids is 4. The highest BCUT2D eigenvalue weighted by Crippen LogP contribution is 2.25. The van der Waals surface area contributed by atoms with Crippen LogP contribution in [0.2, 0.25) is 0 Å². The molecule has 3 rings (SSSR count). The Labute approximate surface area is 186 Å². The molecular formula is C24H26N2O6. The third-order valence-electron chi connectivity index (χ3n) is 5.01. The summed E-state index contributed by atoms with van der Waals surface area (Å²) >= 11 is 0. The Balaban J connectivity index is 1.44. The van der Waals surface area contributed by atoms with E-state index in [1.54, 1.807) is 41.3 Å². The van der Waals surface area contributed by atoms with Crippen molar-refractivity contribution >= 4 is 35.1 Å². The summed E-state index contributed by atoms with van der Waals surface area (Å²) in [6.45, 7) is 2.14. The lowest BCUT2D eigenvalue weighted by Gasteiger charge is -2.16. The zero-order chi connectivity index (χ0) is 22.9. The van der Waals surface area contributed by atoms with Crippen LogP contribution in [0.3, 0.4) is 0 Å². The number of unbranched alkanes of at least 4 members (excludes halogenated alkanes) is 1. The summed E-state index contributed by atoms with van der Waals surface area (Å²) in [5, 5.41) is 2.60. The molecule has 0 aliphatic carbocycles. The van der Waals surface area contributed by atoms with Crippen LogP contribution in [0.5, 0.6) is 0 Å². The molecule has 1 fully saturated rings. The van der Waals surface area contributed by atoms with E-state index in [-0.39, 0.29) is 18.9 Å². The average molecular weight is 438 g/mol. The number of hydrogen-bond donors (Lipinski definition) is 1. The fourth-order valence-corrected chi connectivity index (χ4v) is 3.26. The Morgan fingerprint density at radius 3 is 2.44 bits per heavy atom. The Kier molecular flexibility index (Phi) is 7.96. The van der Waals surface area contributed by atoms with Crippen molar-refractivity contribution in [3.8, 4) is 0 Å². The van der Waals surface area contributed by atoms with Gasteiger partial charge in [-0.25, -0.2) is 4.79 Å². The molecule has 0 unspecified atom stereocenters. The summed E-state index contributed by atoms with van der Waals surface area (Å²) in [4.78, 5) is 50.1. The molecule has 168 valence electrons. The van der Waals surface area contributed by atoms with Crippen molar-refractivity contribution in [3.05, 3.63) is 60.2 Å². The molecule has 32 heavy (non-hydrogen) atoms. The predicted octanol–water partition coefficient (Wildman–Crippen LogP) is 3.18. The maximum Gasteiger partial charge on any atom is 0.338 e. The molecule has 1 saturated heterocycles. The zero-order valence-corrected chi connectivity index (χ0v) is 17.9. The maximum atomic E-state index is 12.3. The average Bonchev–Trinajstić information content (AvgIpc) is 3.20. The van der Waals surface area contributed by atoms with Gasteiger partial charge < -0.3 is 19.7 Å². The van der Waals surface area contributed by atoms with Crippen LogP contribution in [0.25, 0.3) is 0 Å². The van der Waals surface area contributed by atoms with Crippen molar-refractivity contribution in [1.29, 1.82) is 0 Å². The van der Waals surface area contributed by atoms with Gasteiger partial charge in [-0.1, -0.05) is 31.5 Å². The Bertz CT molecular complexity index is 958. The predicted molar refractivity (Wildman–Crippen MR) is 118 cm³/mol. The Morgan fingerprint density at radius 1 is 1.03 bits per heavy atom. The number of nitrogens with zero attached hydrogens (tertiary/aromatic N) is 1. The molecule has 1 heterocycles. The molecule has 1 N–H and O–H groups in total. The molecule has 1 aliphatic rings. The number of nitrogens with one attached hydrogen (secondary N) is 1. The highest BCUT2D eigenvalue weighted by atomic mass is 16.5. The van der Waals surface area contributed by atoms with Crippen molar-refractivity contribution in [3.63, 3.8) is 0 Å². The van der Waals surface area contributed by atoms with Crippen molar-refractivity contribution in [2.24, 2.45) is 5.92 Å². The van der Waals surface area contributed by atoms with Gasteiger partial charge in [0.05, 0.1) is 18.1 Å². The van der Waals surface area contributed by atoms with Gasteiger partial charge in [0.1, 0.15) is 0 Å². The van der Waals surface area contributed by atoms with Gasteiger partial charge in [0.2, 0.25) is 5.91 Å². The van der Waals surface area contributed by atoms with Crippen LogP contribution >= 0.6 is 0 Å². The van der Waals surface area contributed by atoms with E-state index in [1.807, 2.05) is 25.1 Å². The molecule has 2 aromatic rings. The van der Waals surface area contributed by atoms with Gasteiger partial charge in [-0.15, -0.1) is 0 Å². The molecule has 0 bridgehead atoms. The molecule has 1 atom stereocenters. The molecule has 0 radical (unpaired) electrons. The second kappa shape index (κ2) is 11.1. The summed E-state index contributed by atoms with van der Waals surface area (Å²) in [6, 6.07) is 15.3. The fourth-order valence-electron chi connectivity index (χ4n) is 3.26. The van der Waals surface area contributed by atoms with Gasteiger partial charge >= 0.3 is 11.9 Å². The van der Waals surface area contributed by atoms with Crippen molar-refractivity contribution in [2.75, 3.05) is 30.0 Å². The smallest absolute Gasteiger partial charge is 0.338 e. The standard InChI is InChI=1S/C24H26N2O6/c1-2-3-13-31-23(29)17-9-11-19(12-10-17)25-21(27)16-32-24(30)18-14-22(28)26(15-18)20-7-5-4-6-8-20/h4-12,18H,2-3,13-16H2,1H3,(H,25,27)/t18-/m1/s1. The van der Waals surface area contributed by atoms with Gasteiger partial charge in [-0.3, -0.25) is 14.4 Å². The number of esters is 2. The second-order valence-corrected chi connectivity index (χ2v) is 7.46. The Hall–Kier alpha value is -3.68. The zero-order valence-electron chi connectivity index (χ0n) is 17.9. The molecule has 2 aromatic carbocycles. The number of para-hydroxylation sites is 1. The third kappa shape index (κ3) is 6.16. The molecule has 8 heteroatoms. The van der Waals surface area contributed by atoms with Gasteiger partial charge in [0.15, 0.2) is 6.61 Å². The molecule has 1 aliphatic heterocycles. The van der Waals surface area contributed by atoms with Crippen LogP contribution in [0.4, 0.5) is 11.4 Å². The van der Waals surface area contributed by atoms with E-state index in [4.69, 9.17) is 9.47 Å². The van der Waals surface area contributed by atoms with Gasteiger partial charge in [0.25, 0.3) is 5.91 Å². The van der Waals surface area contributed by atoms with Gasteiger partial charge in [0, 0.05) is 24.3 Å². The van der Waals surface area contributed by atoms with Crippen LogP contribution < -0.4 is 10.2 Å². The normalized spacial score (nSPS) is 15.3. The number of hydrogen-bond acceptors (Lipinski definition) is 6. The van der Waals surface area contributed by atoms with Gasteiger partial charge in [-0.05, 0) is 42.8 Å². The van der Waals surface area contributed by atoms with Crippen molar-refractivity contribution < 1.29 is 28.7 Å². The first kappa shape index (κ1) is 23.0. The molecule has 2 amide bonds. The molecule has 8 nitrogen and oxygen atoms in total. The van der Waals surface area contributed by atoms with Crippen LogP contribution in [0.1, 0.15) is 36.5 Å². The van der Waals surface area contributed by atoms with E-state index in [2.05, 4.69) is 5.32 Å². The first-order valence-corrected chi connectivity index (χ1v) is 10.6. The van der Waals surface area contributed by atoms with E-state index in [0.717, 1.165) is 18.5 Å². The number of ether oxygens (including phenoxy) is 2. The number of anilines is 2. The SMILES string of the molecule is CCCCOC(=O)c1ccc(NC(=O)COC(=O)[C@@H]2CC(=O)N(c3ccccc3)C2)cc1. The lowest BCUT2D eigenvalue weighted by Crippen LogP contribution is -2.28. The quantitative estimate of drug-likeness (QED) is 0.477. The van der Waals surface area contributed by atoms with Crippen LogP contribution in [-0.2, 0) is 23.9 Å². The topological polar surface area (TPSA) is 102 Å². The fraction of sp³-hybridized carbons (Fsp3) is 0.333. The summed E-state index contributed by atoms with van der Waals surface area (Å²) in [5.74, 6) is -2.29. The minimum Gasteiger partial charge on any atom is -0.462 e. The number of benzene rings is 2. The van der Waals surface area contributed by atoms with E-state index >= 15 is 0 Å². The first-order valence-electron chi connectivity index (χ1n) is 10.6. The Morgan fingerprint density at radius 2 is 1.75 bits per heavy atom. The highest BCUT2D eigenvalue weighted by molar-refractivity contribution is 6.00. The van der Waals surface area contributed by atoms with Crippen LogP contribution in [0, 0.1) is 5.92 Å². The second-order valence-electron chi connectivity index (χ2n) is 7.46. The maximum absolute atomic E-state index is 12.3. The summed E-state index contributed by atoms with van der Waals surface area (Å²) < 4.78 is 10.2. The van der Waals surface area contributed by atoms with Crippen molar-refractivity contribution in [1.82, 2.24) is 0 Å². The molecular weight excluding hydrogens is 412 g/mol. The van der Waals surface area contributed by atoms with Crippen molar-refractivity contribution in [2.45, 2.75) is 26.2 Å². The summed E-state index contributed by atoms with van der Waals surface area (Å²) in [5.41, 5.74) is 1.57. The summed E-state index contributed by atoms with van der Waals surface area (Å²) in [7, 11) is 0. The third-order valence-corrected chi connectivity index (χ3v) is 5.01. The number of carbonyl (C=O) groups is 4. The monoisotopic (exact) mass is 438 g/mol. The minimum atomic E-state index is -0.617. The molecule has 0 spiro atoms.